The first-order chi connectivity index (χ1) is 9.65. The third kappa shape index (κ3) is 2.59. The van der Waals surface area contributed by atoms with Crippen LogP contribution in [0.2, 0.25) is 0 Å². The van der Waals surface area contributed by atoms with Crippen LogP contribution in [-0.2, 0) is 9.59 Å². The number of benzene rings is 1. The van der Waals surface area contributed by atoms with E-state index < -0.39 is 0 Å². The van der Waals surface area contributed by atoms with Gasteiger partial charge in [-0.1, -0.05) is 15.9 Å². The maximum absolute atomic E-state index is 12.4. The van der Waals surface area contributed by atoms with Crippen LogP contribution < -0.4 is 4.90 Å². The first kappa shape index (κ1) is 13.6. The summed E-state index contributed by atoms with van der Waals surface area (Å²) in [6.45, 7) is 2.21. The largest absolute Gasteiger partial charge is 0.342 e. The van der Waals surface area contributed by atoms with E-state index in [9.17, 15) is 9.59 Å². The molecule has 0 saturated carbocycles. The highest BCUT2D eigenvalue weighted by Gasteiger charge is 2.37. The maximum Gasteiger partial charge on any atom is 0.228 e. The highest BCUT2D eigenvalue weighted by Crippen LogP contribution is 2.28. The molecule has 5 heteroatoms. The van der Waals surface area contributed by atoms with Crippen molar-refractivity contribution in [3.63, 3.8) is 0 Å². The fourth-order valence-corrected chi connectivity index (χ4v) is 3.20. The lowest BCUT2D eigenvalue weighted by molar-refractivity contribution is -0.134. The predicted molar refractivity (Wildman–Crippen MR) is 80.4 cm³/mol. The number of halogens is 1. The van der Waals surface area contributed by atoms with E-state index in [0.29, 0.717) is 13.0 Å². The Morgan fingerprint density at radius 1 is 1.15 bits per heavy atom. The normalized spacial score (nSPS) is 22.6. The molecule has 20 heavy (non-hydrogen) atoms. The Bertz CT molecular complexity index is 523. The van der Waals surface area contributed by atoms with E-state index in [1.807, 2.05) is 29.2 Å². The molecule has 1 unspecified atom stereocenters. The number of likely N-dealkylation sites (tertiary alicyclic amines) is 1. The molecule has 0 radical (unpaired) electrons. The molecule has 0 aliphatic carbocycles. The van der Waals surface area contributed by atoms with Crippen LogP contribution in [0, 0.1) is 5.92 Å². The zero-order valence-corrected chi connectivity index (χ0v) is 12.8. The van der Waals surface area contributed by atoms with Crippen LogP contribution in [0.15, 0.2) is 28.7 Å². The van der Waals surface area contributed by atoms with E-state index in [4.69, 9.17) is 0 Å². The minimum Gasteiger partial charge on any atom is -0.342 e. The molecule has 1 atom stereocenters. The second kappa shape index (κ2) is 5.56. The van der Waals surface area contributed by atoms with E-state index in [2.05, 4.69) is 15.9 Å². The lowest BCUT2D eigenvalue weighted by Gasteiger charge is -2.20. The molecular weight excluding hydrogens is 320 g/mol. The number of carbonyl (C=O) groups is 2. The molecule has 0 bridgehead atoms. The highest BCUT2D eigenvalue weighted by molar-refractivity contribution is 9.10. The van der Waals surface area contributed by atoms with Gasteiger partial charge in [-0.2, -0.15) is 0 Å². The Morgan fingerprint density at radius 3 is 2.45 bits per heavy atom. The van der Waals surface area contributed by atoms with E-state index in [1.165, 1.54) is 0 Å². The SMILES string of the molecule is O=C(C1CC(=O)N(c2ccc(Br)cc2)C1)N1CCCC1. The Morgan fingerprint density at radius 2 is 1.80 bits per heavy atom. The number of nitrogens with zero attached hydrogens (tertiary/aromatic N) is 2. The van der Waals surface area contributed by atoms with E-state index in [-0.39, 0.29) is 17.7 Å². The summed E-state index contributed by atoms with van der Waals surface area (Å²) in [6.07, 6.45) is 2.51. The smallest absolute Gasteiger partial charge is 0.228 e. The second-order valence-corrected chi connectivity index (χ2v) is 6.33. The van der Waals surface area contributed by atoms with Crippen molar-refractivity contribution in [2.75, 3.05) is 24.5 Å². The lowest BCUT2D eigenvalue weighted by atomic mass is 10.1. The van der Waals surface area contributed by atoms with Crippen LogP contribution in [0.5, 0.6) is 0 Å². The molecule has 1 aromatic carbocycles. The van der Waals surface area contributed by atoms with Gasteiger partial charge in [-0.25, -0.2) is 0 Å². The van der Waals surface area contributed by atoms with Gasteiger partial charge in [0.1, 0.15) is 0 Å². The molecule has 4 nitrogen and oxygen atoms in total. The van der Waals surface area contributed by atoms with E-state index in [0.717, 1.165) is 36.1 Å². The van der Waals surface area contributed by atoms with Gasteiger partial charge in [0, 0.05) is 36.2 Å². The molecule has 2 aliphatic rings. The molecule has 0 aromatic heterocycles. The third-order valence-corrected chi connectivity index (χ3v) is 4.56. The summed E-state index contributed by atoms with van der Waals surface area (Å²) < 4.78 is 0.984. The van der Waals surface area contributed by atoms with Crippen LogP contribution in [0.3, 0.4) is 0 Å². The number of carbonyl (C=O) groups excluding carboxylic acids is 2. The summed E-state index contributed by atoms with van der Waals surface area (Å²) in [6, 6.07) is 7.64. The standard InChI is InChI=1S/C15H17BrN2O2/c16-12-3-5-13(6-4-12)18-10-11(9-14(18)19)15(20)17-7-1-2-8-17/h3-6,11H,1-2,7-10H2. The molecule has 106 valence electrons. The first-order valence-electron chi connectivity index (χ1n) is 7.00. The lowest BCUT2D eigenvalue weighted by Crippen LogP contribution is -2.35. The van der Waals surface area contributed by atoms with Crippen molar-refractivity contribution in [2.24, 2.45) is 5.92 Å². The Labute approximate surface area is 126 Å². The summed E-state index contributed by atoms with van der Waals surface area (Å²) in [5.74, 6) is 0.0181. The van der Waals surface area contributed by atoms with Crippen molar-refractivity contribution < 1.29 is 9.59 Å². The quantitative estimate of drug-likeness (QED) is 0.832. The summed E-state index contributed by atoms with van der Waals surface area (Å²) in [4.78, 5) is 28.1. The van der Waals surface area contributed by atoms with Gasteiger partial charge in [0.05, 0.1) is 5.92 Å². The molecule has 2 fully saturated rings. The molecule has 3 rings (SSSR count). The highest BCUT2D eigenvalue weighted by atomic mass is 79.9. The number of rotatable bonds is 2. The first-order valence-corrected chi connectivity index (χ1v) is 7.79. The minimum atomic E-state index is -0.177. The second-order valence-electron chi connectivity index (χ2n) is 5.41. The Kier molecular flexibility index (Phi) is 3.78. The fraction of sp³-hybridized carbons (Fsp3) is 0.467. The molecular formula is C15H17BrN2O2. The Hall–Kier alpha value is -1.36. The zero-order valence-electron chi connectivity index (χ0n) is 11.2. The van der Waals surface area contributed by atoms with Crippen LogP contribution in [0.25, 0.3) is 0 Å². The average molecular weight is 337 g/mol. The summed E-state index contributed by atoms with van der Waals surface area (Å²) in [7, 11) is 0. The average Bonchev–Trinajstić information content (AvgIpc) is 3.08. The van der Waals surface area contributed by atoms with Crippen molar-refractivity contribution in [2.45, 2.75) is 19.3 Å². The summed E-state index contributed by atoms with van der Waals surface area (Å²) in [5.41, 5.74) is 0.870. The zero-order chi connectivity index (χ0) is 14.1. The third-order valence-electron chi connectivity index (χ3n) is 4.03. The van der Waals surface area contributed by atoms with Gasteiger partial charge in [-0.15, -0.1) is 0 Å². The van der Waals surface area contributed by atoms with Crippen molar-refractivity contribution in [3.05, 3.63) is 28.7 Å². The molecule has 2 aliphatic heterocycles. The molecule has 2 heterocycles. The number of anilines is 1. The van der Waals surface area contributed by atoms with Gasteiger partial charge in [0.25, 0.3) is 0 Å². The minimum absolute atomic E-state index is 0.0462. The van der Waals surface area contributed by atoms with Crippen molar-refractivity contribution in [1.29, 1.82) is 0 Å². The van der Waals surface area contributed by atoms with Gasteiger partial charge in [0.15, 0.2) is 0 Å². The van der Waals surface area contributed by atoms with Gasteiger partial charge in [-0.05, 0) is 37.1 Å². The van der Waals surface area contributed by atoms with E-state index in [1.54, 1.807) is 4.90 Å². The molecule has 0 N–H and O–H groups in total. The summed E-state index contributed by atoms with van der Waals surface area (Å²) >= 11 is 3.38. The predicted octanol–water partition coefficient (Wildman–Crippen LogP) is 2.42. The van der Waals surface area contributed by atoms with Crippen LogP contribution in [0.1, 0.15) is 19.3 Å². The number of amides is 2. The number of hydrogen-bond donors (Lipinski definition) is 0. The van der Waals surface area contributed by atoms with Crippen LogP contribution >= 0.6 is 15.9 Å². The summed E-state index contributed by atoms with van der Waals surface area (Å²) in [5, 5.41) is 0. The molecule has 2 amide bonds. The topological polar surface area (TPSA) is 40.6 Å². The van der Waals surface area contributed by atoms with Crippen molar-refractivity contribution in [3.8, 4) is 0 Å². The molecule has 0 spiro atoms. The fourth-order valence-electron chi connectivity index (χ4n) is 2.94. The van der Waals surface area contributed by atoms with Crippen LogP contribution in [0.4, 0.5) is 5.69 Å². The van der Waals surface area contributed by atoms with Crippen LogP contribution in [-0.4, -0.2) is 36.3 Å². The number of hydrogen-bond acceptors (Lipinski definition) is 2. The van der Waals surface area contributed by atoms with E-state index >= 15 is 0 Å². The molecule has 1 aromatic rings. The van der Waals surface area contributed by atoms with Gasteiger partial charge >= 0.3 is 0 Å². The monoisotopic (exact) mass is 336 g/mol. The Balaban J connectivity index is 1.71. The molecule has 2 saturated heterocycles. The van der Waals surface area contributed by atoms with Gasteiger partial charge in [0.2, 0.25) is 11.8 Å². The van der Waals surface area contributed by atoms with Crippen molar-refractivity contribution in [1.82, 2.24) is 4.90 Å². The maximum atomic E-state index is 12.4. The van der Waals surface area contributed by atoms with Crippen molar-refractivity contribution >= 4 is 33.4 Å². The van der Waals surface area contributed by atoms with Gasteiger partial charge < -0.3 is 9.80 Å². The van der Waals surface area contributed by atoms with Gasteiger partial charge in [-0.3, -0.25) is 9.59 Å².